The van der Waals surface area contributed by atoms with Crippen LogP contribution in [0, 0.1) is 0 Å². The summed E-state index contributed by atoms with van der Waals surface area (Å²) in [5.74, 6) is -0.536. The quantitative estimate of drug-likeness (QED) is 0.800. The first-order valence-electron chi connectivity index (χ1n) is 4.63. The molecule has 1 aromatic heterocycles. The third kappa shape index (κ3) is 2.83. The highest BCUT2D eigenvalue weighted by Crippen LogP contribution is 2.04. The van der Waals surface area contributed by atoms with Crippen molar-refractivity contribution >= 4 is 23.2 Å². The number of pyridine rings is 1. The van der Waals surface area contributed by atoms with Gasteiger partial charge in [0.2, 0.25) is 5.91 Å². The van der Waals surface area contributed by atoms with Crippen LogP contribution in [0.4, 0.5) is 5.69 Å². The molecule has 0 saturated heterocycles. The van der Waals surface area contributed by atoms with Gasteiger partial charge in [-0.25, -0.2) is 0 Å². The predicted octanol–water partition coefficient (Wildman–Crippen LogP) is 1.61. The molecule has 82 valence electrons. The van der Waals surface area contributed by atoms with E-state index in [9.17, 15) is 9.59 Å². The molecule has 1 aromatic rings. The summed E-state index contributed by atoms with van der Waals surface area (Å²) in [7, 11) is 0. The summed E-state index contributed by atoms with van der Waals surface area (Å²) >= 11 is 5.34. The molecule has 0 atom stereocenters. The van der Waals surface area contributed by atoms with E-state index in [1.165, 1.54) is 0 Å². The fourth-order valence-corrected chi connectivity index (χ4v) is 1.26. The van der Waals surface area contributed by atoms with Crippen molar-refractivity contribution in [3.63, 3.8) is 0 Å². The topological polar surface area (TPSA) is 51.1 Å². The Balaban J connectivity index is 3.05. The molecule has 0 radical (unpaired) electrons. The molecule has 0 aliphatic rings. The van der Waals surface area contributed by atoms with E-state index in [4.69, 9.17) is 11.6 Å². The minimum absolute atomic E-state index is 0.0605. The van der Waals surface area contributed by atoms with Crippen LogP contribution in [-0.2, 0) is 4.79 Å². The van der Waals surface area contributed by atoms with Crippen molar-refractivity contribution in [2.45, 2.75) is 19.9 Å². The minimum atomic E-state index is -0.379. The van der Waals surface area contributed by atoms with Crippen LogP contribution in [0.1, 0.15) is 19.9 Å². The summed E-state index contributed by atoms with van der Waals surface area (Å²) in [5, 5.41) is 2.45. The summed E-state index contributed by atoms with van der Waals surface area (Å²) in [6, 6.07) is 3.34. The summed E-state index contributed by atoms with van der Waals surface area (Å²) < 4.78 is 1.55. The lowest BCUT2D eigenvalue weighted by Gasteiger charge is -2.11. The van der Waals surface area contributed by atoms with Crippen LogP contribution in [0.25, 0.3) is 0 Å². The minimum Gasteiger partial charge on any atom is -0.320 e. The summed E-state index contributed by atoms with van der Waals surface area (Å²) in [6.07, 6.45) is 1.68. The van der Waals surface area contributed by atoms with Crippen LogP contribution < -0.4 is 10.9 Å². The number of aromatic nitrogens is 1. The Morgan fingerprint density at radius 2 is 2.27 bits per heavy atom. The molecule has 1 amide bonds. The lowest BCUT2D eigenvalue weighted by Crippen LogP contribution is -2.26. The van der Waals surface area contributed by atoms with Gasteiger partial charge in [-0.05, 0) is 26.0 Å². The number of nitrogens with one attached hydrogen (secondary N) is 1. The van der Waals surface area contributed by atoms with Crippen molar-refractivity contribution < 1.29 is 4.79 Å². The maximum atomic E-state index is 11.8. The average Bonchev–Trinajstić information content (AvgIpc) is 2.20. The van der Waals surface area contributed by atoms with Crippen LogP contribution in [0.2, 0.25) is 0 Å². The van der Waals surface area contributed by atoms with Gasteiger partial charge in [0, 0.05) is 12.2 Å². The molecule has 0 unspecified atom stereocenters. The maximum Gasteiger partial charge on any atom is 0.274 e. The molecule has 0 aliphatic heterocycles. The third-order valence-corrected chi connectivity index (χ3v) is 2.17. The molecule has 15 heavy (non-hydrogen) atoms. The summed E-state index contributed by atoms with van der Waals surface area (Å²) in [4.78, 5) is 22.8. The highest BCUT2D eigenvalue weighted by atomic mass is 35.5. The van der Waals surface area contributed by atoms with Crippen LogP contribution in [0.3, 0.4) is 0 Å². The highest BCUT2D eigenvalue weighted by Gasteiger charge is 2.07. The number of hydrogen-bond donors (Lipinski definition) is 1. The van der Waals surface area contributed by atoms with E-state index in [1.54, 1.807) is 22.9 Å². The van der Waals surface area contributed by atoms with Crippen molar-refractivity contribution in [2.75, 3.05) is 11.2 Å². The molecule has 0 aliphatic carbocycles. The van der Waals surface area contributed by atoms with E-state index >= 15 is 0 Å². The fourth-order valence-electron chi connectivity index (χ4n) is 1.20. The van der Waals surface area contributed by atoms with Crippen molar-refractivity contribution in [2.24, 2.45) is 0 Å². The second-order valence-corrected chi connectivity index (χ2v) is 3.68. The predicted molar refractivity (Wildman–Crippen MR) is 60.4 cm³/mol. The van der Waals surface area contributed by atoms with E-state index < -0.39 is 0 Å². The monoisotopic (exact) mass is 228 g/mol. The van der Waals surface area contributed by atoms with Gasteiger partial charge in [-0.3, -0.25) is 9.59 Å². The fraction of sp³-hybridized carbons (Fsp3) is 0.400. The molecule has 0 bridgehead atoms. The number of carbonyl (C=O) groups excluding carboxylic acids is 1. The Morgan fingerprint density at radius 1 is 1.60 bits per heavy atom. The Morgan fingerprint density at radius 3 is 2.80 bits per heavy atom. The molecule has 1 N–H and O–H groups in total. The van der Waals surface area contributed by atoms with Gasteiger partial charge >= 0.3 is 0 Å². The standard InChI is InChI=1S/C10H13ClN2O2/c1-7(2)13-5-3-4-8(10(13)15)12-9(14)6-11/h3-5,7H,6H2,1-2H3,(H,12,14). The zero-order chi connectivity index (χ0) is 11.4. The zero-order valence-corrected chi connectivity index (χ0v) is 9.41. The Kier molecular flexibility index (Phi) is 3.91. The first-order chi connectivity index (χ1) is 7.06. The van der Waals surface area contributed by atoms with E-state index in [-0.39, 0.29) is 29.1 Å². The smallest absolute Gasteiger partial charge is 0.274 e. The van der Waals surface area contributed by atoms with Gasteiger partial charge < -0.3 is 9.88 Å². The van der Waals surface area contributed by atoms with Gasteiger partial charge in [-0.2, -0.15) is 0 Å². The van der Waals surface area contributed by atoms with Gasteiger partial charge in [0.1, 0.15) is 11.6 Å². The number of hydrogen-bond acceptors (Lipinski definition) is 2. The van der Waals surface area contributed by atoms with E-state index in [2.05, 4.69) is 5.32 Å². The van der Waals surface area contributed by atoms with Gasteiger partial charge in [0.25, 0.3) is 5.56 Å². The molecule has 0 saturated carbocycles. The second kappa shape index (κ2) is 4.98. The molecule has 0 spiro atoms. The number of anilines is 1. The molecule has 4 nitrogen and oxygen atoms in total. The number of nitrogens with zero attached hydrogens (tertiary/aromatic N) is 1. The number of amides is 1. The Bertz CT molecular complexity index is 412. The number of alkyl halides is 1. The van der Waals surface area contributed by atoms with Crippen molar-refractivity contribution in [3.8, 4) is 0 Å². The molecular weight excluding hydrogens is 216 g/mol. The molecule has 1 rings (SSSR count). The summed E-state index contributed by atoms with van der Waals surface area (Å²) in [5.41, 5.74) is 0.0443. The van der Waals surface area contributed by atoms with E-state index in [1.807, 2.05) is 13.8 Å². The molecule has 5 heteroatoms. The van der Waals surface area contributed by atoms with E-state index in [0.717, 1.165) is 0 Å². The largest absolute Gasteiger partial charge is 0.320 e. The first-order valence-corrected chi connectivity index (χ1v) is 5.16. The van der Waals surface area contributed by atoms with Crippen LogP contribution in [0.15, 0.2) is 23.1 Å². The van der Waals surface area contributed by atoms with Gasteiger partial charge in [-0.1, -0.05) is 0 Å². The molecule has 1 heterocycles. The van der Waals surface area contributed by atoms with Gasteiger partial charge in [-0.15, -0.1) is 11.6 Å². The van der Waals surface area contributed by atoms with Crippen molar-refractivity contribution in [1.29, 1.82) is 0 Å². The SMILES string of the molecule is CC(C)n1cccc(NC(=O)CCl)c1=O. The molecular formula is C10H13ClN2O2. The molecule has 0 aromatic carbocycles. The van der Waals surface area contributed by atoms with Crippen LogP contribution in [0.5, 0.6) is 0 Å². The van der Waals surface area contributed by atoms with Gasteiger partial charge in [0.15, 0.2) is 0 Å². The zero-order valence-electron chi connectivity index (χ0n) is 8.66. The van der Waals surface area contributed by atoms with Crippen LogP contribution in [-0.4, -0.2) is 16.4 Å². The van der Waals surface area contributed by atoms with Crippen LogP contribution >= 0.6 is 11.6 Å². The van der Waals surface area contributed by atoms with Crippen molar-refractivity contribution in [1.82, 2.24) is 4.57 Å². The van der Waals surface area contributed by atoms with E-state index in [0.29, 0.717) is 0 Å². The normalized spacial score (nSPS) is 10.4. The number of halogens is 1. The number of carbonyl (C=O) groups is 1. The second-order valence-electron chi connectivity index (χ2n) is 3.41. The third-order valence-electron chi connectivity index (χ3n) is 1.93. The maximum absolute atomic E-state index is 11.8. The molecule has 0 fully saturated rings. The number of rotatable bonds is 3. The average molecular weight is 229 g/mol. The lowest BCUT2D eigenvalue weighted by atomic mass is 10.3. The first kappa shape index (κ1) is 11.8. The summed E-state index contributed by atoms with van der Waals surface area (Å²) in [6.45, 7) is 3.79. The van der Waals surface area contributed by atoms with Crippen molar-refractivity contribution in [3.05, 3.63) is 28.7 Å². The highest BCUT2D eigenvalue weighted by molar-refractivity contribution is 6.29. The Hall–Kier alpha value is -1.29. The Labute approximate surface area is 92.9 Å². The lowest BCUT2D eigenvalue weighted by molar-refractivity contribution is -0.113. The van der Waals surface area contributed by atoms with Gasteiger partial charge in [0.05, 0.1) is 0 Å².